The molecule has 1 amide bonds. The molecule has 8 nitrogen and oxygen atoms in total. The number of piperidine rings is 1. The molecule has 4 heterocycles. The maximum Gasteiger partial charge on any atom is 0.389 e. The number of H-pyrrole nitrogens is 1. The van der Waals surface area contributed by atoms with Gasteiger partial charge in [-0.3, -0.25) is 4.79 Å². The molecule has 0 bridgehead atoms. The monoisotopic (exact) mass is 393 g/mol. The summed E-state index contributed by atoms with van der Waals surface area (Å²) in [6.45, 7) is 1.18. The molecule has 2 N–H and O–H groups in total. The Labute approximate surface area is 157 Å². The Bertz CT molecular complexity index is 1000. The van der Waals surface area contributed by atoms with Gasteiger partial charge in [-0.25, -0.2) is 9.97 Å². The first-order chi connectivity index (χ1) is 13.4. The summed E-state index contributed by atoms with van der Waals surface area (Å²) in [5.74, 6) is 0.104. The van der Waals surface area contributed by atoms with Gasteiger partial charge in [-0.05, 0) is 18.9 Å². The summed E-state index contributed by atoms with van der Waals surface area (Å²) < 4.78 is 36.9. The SMILES string of the molecule is O=C(CCC(F)(F)F)NC1CCCN(c2nc[nH]c3nnc4nccc4c23)C1. The van der Waals surface area contributed by atoms with E-state index in [0.717, 1.165) is 23.7 Å². The number of halogens is 3. The first-order valence-electron chi connectivity index (χ1n) is 8.96. The Hall–Kier alpha value is -2.98. The third kappa shape index (κ3) is 3.82. The van der Waals surface area contributed by atoms with Gasteiger partial charge in [-0.15, -0.1) is 10.2 Å². The zero-order chi connectivity index (χ0) is 19.7. The van der Waals surface area contributed by atoms with Crippen molar-refractivity contribution in [1.29, 1.82) is 0 Å². The summed E-state index contributed by atoms with van der Waals surface area (Å²) in [5, 5.41) is 12.5. The fraction of sp³-hybridized carbons (Fsp3) is 0.471. The highest BCUT2D eigenvalue weighted by atomic mass is 19.4. The van der Waals surface area contributed by atoms with Crippen LogP contribution in [-0.2, 0) is 4.79 Å². The number of carbonyl (C=O) groups excluding carboxylic acids is 1. The molecule has 1 saturated heterocycles. The van der Waals surface area contributed by atoms with E-state index < -0.39 is 24.9 Å². The van der Waals surface area contributed by atoms with Crippen molar-refractivity contribution in [3.05, 3.63) is 18.6 Å². The molecule has 1 atom stereocenters. The zero-order valence-corrected chi connectivity index (χ0v) is 14.8. The van der Waals surface area contributed by atoms with Crippen LogP contribution in [0.2, 0.25) is 0 Å². The molecule has 0 aromatic carbocycles. The van der Waals surface area contributed by atoms with Gasteiger partial charge < -0.3 is 15.2 Å². The van der Waals surface area contributed by atoms with Gasteiger partial charge >= 0.3 is 6.18 Å². The van der Waals surface area contributed by atoms with E-state index in [2.05, 4.69) is 30.5 Å². The largest absolute Gasteiger partial charge is 0.389 e. The van der Waals surface area contributed by atoms with Crippen LogP contribution in [0.25, 0.3) is 22.1 Å². The molecule has 4 rings (SSSR count). The molecule has 1 unspecified atom stereocenters. The van der Waals surface area contributed by atoms with Crippen LogP contribution >= 0.6 is 0 Å². The number of aromatic amines is 1. The molecule has 148 valence electrons. The Kier molecular flexibility index (Phi) is 4.73. The van der Waals surface area contributed by atoms with Gasteiger partial charge in [0.25, 0.3) is 0 Å². The molecule has 0 saturated carbocycles. The van der Waals surface area contributed by atoms with Gasteiger partial charge in [0.2, 0.25) is 5.91 Å². The zero-order valence-electron chi connectivity index (χ0n) is 14.8. The van der Waals surface area contributed by atoms with Crippen molar-refractivity contribution < 1.29 is 18.0 Å². The Morgan fingerprint density at radius 2 is 2.18 bits per heavy atom. The highest BCUT2D eigenvalue weighted by Gasteiger charge is 2.29. The number of nitrogens with zero attached hydrogens (tertiary/aromatic N) is 5. The van der Waals surface area contributed by atoms with Crippen molar-refractivity contribution in [3.8, 4) is 0 Å². The van der Waals surface area contributed by atoms with Crippen LogP contribution in [0, 0.1) is 0 Å². The first kappa shape index (κ1) is 18.4. The molecule has 1 aliphatic rings. The fourth-order valence-electron chi connectivity index (χ4n) is 3.50. The van der Waals surface area contributed by atoms with Crippen molar-refractivity contribution in [2.24, 2.45) is 0 Å². The summed E-state index contributed by atoms with van der Waals surface area (Å²) in [5.41, 5.74) is 1.09. The normalized spacial score (nSPS) is 18.0. The van der Waals surface area contributed by atoms with Crippen LogP contribution in [0.5, 0.6) is 0 Å². The third-order valence-corrected chi connectivity index (χ3v) is 4.76. The van der Waals surface area contributed by atoms with Crippen LogP contribution in [-0.4, -0.2) is 56.4 Å². The molecule has 0 aliphatic carbocycles. The molecule has 1 fully saturated rings. The van der Waals surface area contributed by atoms with Gasteiger partial charge in [-0.1, -0.05) is 0 Å². The smallest absolute Gasteiger partial charge is 0.354 e. The summed E-state index contributed by atoms with van der Waals surface area (Å²) >= 11 is 0. The van der Waals surface area contributed by atoms with Crippen LogP contribution < -0.4 is 10.2 Å². The number of rotatable bonds is 4. The number of fused-ring (bicyclic) bond motifs is 3. The highest BCUT2D eigenvalue weighted by Crippen LogP contribution is 2.30. The average molecular weight is 393 g/mol. The van der Waals surface area contributed by atoms with Crippen molar-refractivity contribution in [2.75, 3.05) is 18.0 Å². The van der Waals surface area contributed by atoms with E-state index in [1.54, 1.807) is 6.20 Å². The molecule has 0 radical (unpaired) electrons. The summed E-state index contributed by atoms with van der Waals surface area (Å²) in [4.78, 5) is 25.5. The van der Waals surface area contributed by atoms with E-state index in [-0.39, 0.29) is 6.04 Å². The van der Waals surface area contributed by atoms with Gasteiger partial charge in [0, 0.05) is 37.1 Å². The van der Waals surface area contributed by atoms with Gasteiger partial charge in [0.05, 0.1) is 18.1 Å². The Morgan fingerprint density at radius 1 is 1.32 bits per heavy atom. The summed E-state index contributed by atoms with van der Waals surface area (Å²) in [6, 6.07) is 1.60. The lowest BCUT2D eigenvalue weighted by Crippen LogP contribution is -2.48. The van der Waals surface area contributed by atoms with Crippen molar-refractivity contribution >= 4 is 33.8 Å². The van der Waals surface area contributed by atoms with E-state index in [9.17, 15) is 18.0 Å². The Balaban J connectivity index is 1.54. The van der Waals surface area contributed by atoms with E-state index in [4.69, 9.17) is 0 Å². The number of aromatic nitrogens is 5. The fourth-order valence-corrected chi connectivity index (χ4v) is 3.50. The Morgan fingerprint density at radius 3 is 3.00 bits per heavy atom. The maximum atomic E-state index is 12.3. The lowest BCUT2D eigenvalue weighted by Gasteiger charge is -2.34. The minimum absolute atomic E-state index is 0.237. The van der Waals surface area contributed by atoms with E-state index in [0.29, 0.717) is 30.1 Å². The molecule has 28 heavy (non-hydrogen) atoms. The second-order valence-corrected chi connectivity index (χ2v) is 6.80. The van der Waals surface area contributed by atoms with E-state index >= 15 is 0 Å². The number of alkyl halides is 3. The maximum absolute atomic E-state index is 12.3. The van der Waals surface area contributed by atoms with Crippen molar-refractivity contribution in [1.82, 2.24) is 30.5 Å². The number of hydrogen-bond donors (Lipinski definition) is 2. The highest BCUT2D eigenvalue weighted by molar-refractivity contribution is 6.07. The second kappa shape index (κ2) is 7.21. The molecule has 11 heteroatoms. The standard InChI is InChI=1S/C17H18F3N7O/c18-17(19,20)5-3-12(28)24-10-2-1-7-27(8-10)16-13-11-4-6-21-14(11)25-26-15(13)22-9-23-16/h4,6,9-10H,1-3,5,7-8H2,(H,24,28)(H,22,23,26). The van der Waals surface area contributed by atoms with Crippen LogP contribution in [0.1, 0.15) is 25.7 Å². The number of amides is 1. The number of carbonyl (C=O) groups is 1. The topological polar surface area (TPSA) is 99.7 Å². The molecular formula is C17H18F3N7O. The molecule has 3 aromatic heterocycles. The lowest BCUT2D eigenvalue weighted by molar-refractivity contribution is -0.144. The van der Waals surface area contributed by atoms with Crippen molar-refractivity contribution in [3.63, 3.8) is 0 Å². The average Bonchev–Trinajstić information content (AvgIpc) is 3.15. The predicted molar refractivity (Wildman–Crippen MR) is 95.7 cm³/mol. The number of anilines is 1. The molecule has 0 spiro atoms. The van der Waals surface area contributed by atoms with Crippen LogP contribution in [0.15, 0.2) is 18.6 Å². The molecule has 3 aromatic rings. The third-order valence-electron chi connectivity index (χ3n) is 4.76. The quantitative estimate of drug-likeness (QED) is 0.706. The van der Waals surface area contributed by atoms with E-state index in [1.807, 2.05) is 11.0 Å². The lowest BCUT2D eigenvalue weighted by atomic mass is 10.0. The van der Waals surface area contributed by atoms with E-state index in [1.165, 1.54) is 6.33 Å². The van der Waals surface area contributed by atoms with Crippen LogP contribution in [0.3, 0.4) is 0 Å². The number of hydrogen-bond acceptors (Lipinski definition) is 6. The van der Waals surface area contributed by atoms with Gasteiger partial charge in [0.1, 0.15) is 5.82 Å². The minimum Gasteiger partial charge on any atom is -0.354 e. The predicted octanol–water partition coefficient (Wildman–Crippen LogP) is 2.33. The van der Waals surface area contributed by atoms with Gasteiger partial charge in [-0.2, -0.15) is 13.2 Å². The number of nitrogens with one attached hydrogen (secondary N) is 2. The minimum atomic E-state index is -4.33. The first-order valence-corrected chi connectivity index (χ1v) is 8.96. The van der Waals surface area contributed by atoms with Crippen LogP contribution in [0.4, 0.5) is 19.0 Å². The van der Waals surface area contributed by atoms with Gasteiger partial charge in [0.15, 0.2) is 11.3 Å². The summed E-state index contributed by atoms with van der Waals surface area (Å²) in [6.07, 6.45) is -1.34. The molecule has 1 aliphatic heterocycles. The summed E-state index contributed by atoms with van der Waals surface area (Å²) in [7, 11) is 0. The molecular weight excluding hydrogens is 375 g/mol. The van der Waals surface area contributed by atoms with Crippen molar-refractivity contribution in [2.45, 2.75) is 37.9 Å². The second-order valence-electron chi connectivity index (χ2n) is 6.80.